The first-order valence-electron chi connectivity index (χ1n) is 4.32. The van der Waals surface area contributed by atoms with Crippen molar-refractivity contribution in [3.63, 3.8) is 0 Å². The number of rotatable bonds is 3. The minimum Gasteiger partial charge on any atom is -0.468 e. The first-order valence-corrected chi connectivity index (χ1v) is 5.07. The summed E-state index contributed by atoms with van der Waals surface area (Å²) in [5.41, 5.74) is 6.38. The predicted molar refractivity (Wildman–Crippen MR) is 60.2 cm³/mol. The molecule has 0 saturated heterocycles. The predicted octanol–water partition coefficient (Wildman–Crippen LogP) is 2.04. The highest BCUT2D eigenvalue weighted by Gasteiger charge is 2.15. The normalized spacial score (nSPS) is 12.3. The molecule has 0 unspecified atom stereocenters. The Morgan fingerprint density at radius 2 is 2.20 bits per heavy atom. The molecule has 0 spiro atoms. The fourth-order valence-corrected chi connectivity index (χ4v) is 1.64. The van der Waals surface area contributed by atoms with E-state index in [0.717, 1.165) is 5.56 Å². The van der Waals surface area contributed by atoms with Gasteiger partial charge in [0.2, 0.25) is 0 Å². The Balaban J connectivity index is 2.76. The van der Waals surface area contributed by atoms with Crippen LogP contribution in [0.1, 0.15) is 5.56 Å². The Hall–Kier alpha value is -0.770. The van der Waals surface area contributed by atoms with Crippen LogP contribution in [0, 0.1) is 0 Å². The molecule has 0 radical (unpaired) electrons. The van der Waals surface area contributed by atoms with E-state index in [1.165, 1.54) is 7.11 Å². The summed E-state index contributed by atoms with van der Waals surface area (Å²) in [5, 5.41) is 1.05. The number of esters is 1. The lowest BCUT2D eigenvalue weighted by Crippen LogP contribution is -2.33. The van der Waals surface area contributed by atoms with E-state index in [9.17, 15) is 4.79 Å². The molecule has 0 aliphatic rings. The maximum atomic E-state index is 11.1. The minimum absolute atomic E-state index is 0.336. The maximum Gasteiger partial charge on any atom is 0.322 e. The van der Waals surface area contributed by atoms with Gasteiger partial charge in [-0.3, -0.25) is 4.79 Å². The standard InChI is InChI=1S/C10H11Cl2NO2/c1-15-10(14)9(13)4-6-2-3-7(11)5-8(6)12/h2-3,5,9H,4,13H2,1H3/t9-/m0/s1. The van der Waals surface area contributed by atoms with E-state index in [2.05, 4.69) is 4.74 Å². The third-order valence-electron chi connectivity index (χ3n) is 1.96. The lowest BCUT2D eigenvalue weighted by Gasteiger charge is -2.10. The quantitative estimate of drug-likeness (QED) is 0.832. The highest BCUT2D eigenvalue weighted by molar-refractivity contribution is 6.35. The number of nitrogens with two attached hydrogens (primary N) is 1. The van der Waals surface area contributed by atoms with Gasteiger partial charge in [-0.1, -0.05) is 29.3 Å². The van der Waals surface area contributed by atoms with E-state index in [1.54, 1.807) is 18.2 Å². The van der Waals surface area contributed by atoms with Gasteiger partial charge in [-0.2, -0.15) is 0 Å². The molecule has 1 rings (SSSR count). The van der Waals surface area contributed by atoms with Gasteiger partial charge in [0.15, 0.2) is 0 Å². The molecular weight excluding hydrogens is 237 g/mol. The highest BCUT2D eigenvalue weighted by Crippen LogP contribution is 2.21. The van der Waals surface area contributed by atoms with E-state index >= 15 is 0 Å². The van der Waals surface area contributed by atoms with E-state index in [0.29, 0.717) is 16.5 Å². The third kappa shape index (κ3) is 3.38. The Morgan fingerprint density at radius 1 is 1.53 bits per heavy atom. The van der Waals surface area contributed by atoms with Crippen LogP contribution in [0.15, 0.2) is 18.2 Å². The molecule has 3 nitrogen and oxygen atoms in total. The summed E-state index contributed by atoms with van der Waals surface area (Å²) in [5.74, 6) is -0.457. The number of carbonyl (C=O) groups is 1. The highest BCUT2D eigenvalue weighted by atomic mass is 35.5. The Kier molecular flexibility index (Phi) is 4.39. The monoisotopic (exact) mass is 247 g/mol. The van der Waals surface area contributed by atoms with Crippen LogP contribution >= 0.6 is 23.2 Å². The molecule has 0 aliphatic carbocycles. The van der Waals surface area contributed by atoms with Crippen LogP contribution in [0.3, 0.4) is 0 Å². The van der Waals surface area contributed by atoms with Crippen LogP contribution in [0.4, 0.5) is 0 Å². The average molecular weight is 248 g/mol. The Morgan fingerprint density at radius 3 is 2.73 bits per heavy atom. The fraction of sp³-hybridized carbons (Fsp3) is 0.300. The number of halogens is 2. The average Bonchev–Trinajstić information content (AvgIpc) is 2.20. The van der Waals surface area contributed by atoms with Crippen molar-refractivity contribution in [3.05, 3.63) is 33.8 Å². The molecule has 0 amide bonds. The van der Waals surface area contributed by atoms with Crippen LogP contribution in [-0.2, 0) is 16.0 Å². The van der Waals surface area contributed by atoms with Crippen LogP contribution in [0.25, 0.3) is 0 Å². The summed E-state index contributed by atoms with van der Waals surface area (Å²) in [6, 6.07) is 4.36. The molecule has 1 aromatic carbocycles. The molecule has 0 aliphatic heterocycles. The lowest BCUT2D eigenvalue weighted by molar-refractivity contribution is -0.142. The number of ether oxygens (including phenoxy) is 1. The van der Waals surface area contributed by atoms with Gasteiger partial charge < -0.3 is 10.5 Å². The van der Waals surface area contributed by atoms with Gasteiger partial charge in [-0.25, -0.2) is 0 Å². The molecule has 1 aromatic rings. The summed E-state index contributed by atoms with van der Waals surface area (Å²) < 4.78 is 4.51. The summed E-state index contributed by atoms with van der Waals surface area (Å²) in [4.78, 5) is 11.1. The van der Waals surface area contributed by atoms with E-state index in [1.807, 2.05) is 0 Å². The van der Waals surface area contributed by atoms with Gasteiger partial charge in [0, 0.05) is 10.0 Å². The molecule has 0 aromatic heterocycles. The van der Waals surface area contributed by atoms with Gasteiger partial charge in [0.05, 0.1) is 7.11 Å². The molecule has 15 heavy (non-hydrogen) atoms. The number of hydrogen-bond acceptors (Lipinski definition) is 3. The molecular formula is C10H11Cl2NO2. The first-order chi connectivity index (χ1) is 7.04. The Bertz CT molecular complexity index is 368. The van der Waals surface area contributed by atoms with Crippen molar-refractivity contribution in [3.8, 4) is 0 Å². The molecule has 5 heteroatoms. The molecule has 0 fully saturated rings. The van der Waals surface area contributed by atoms with E-state index < -0.39 is 12.0 Å². The van der Waals surface area contributed by atoms with Crippen LogP contribution in [-0.4, -0.2) is 19.1 Å². The molecule has 0 heterocycles. The third-order valence-corrected chi connectivity index (χ3v) is 2.55. The van der Waals surface area contributed by atoms with E-state index in [-0.39, 0.29) is 0 Å². The van der Waals surface area contributed by atoms with Crippen LogP contribution < -0.4 is 5.73 Å². The molecule has 1 atom stereocenters. The fourth-order valence-electron chi connectivity index (χ4n) is 1.16. The summed E-state index contributed by atoms with van der Waals surface area (Å²) in [7, 11) is 1.30. The van der Waals surface area contributed by atoms with Gasteiger partial charge in [-0.15, -0.1) is 0 Å². The zero-order valence-electron chi connectivity index (χ0n) is 8.17. The Labute approximate surface area is 98.1 Å². The summed E-state index contributed by atoms with van der Waals surface area (Å²) in [6.45, 7) is 0. The van der Waals surface area contributed by atoms with Crippen molar-refractivity contribution in [2.24, 2.45) is 5.73 Å². The number of methoxy groups -OCH3 is 1. The second-order valence-corrected chi connectivity index (χ2v) is 3.91. The zero-order chi connectivity index (χ0) is 11.4. The molecule has 2 N–H and O–H groups in total. The van der Waals surface area contributed by atoms with Crippen molar-refractivity contribution < 1.29 is 9.53 Å². The van der Waals surface area contributed by atoms with Crippen molar-refractivity contribution in [1.82, 2.24) is 0 Å². The van der Waals surface area contributed by atoms with Gasteiger partial charge in [0.25, 0.3) is 0 Å². The summed E-state index contributed by atoms with van der Waals surface area (Å²) in [6.07, 6.45) is 0.336. The van der Waals surface area contributed by atoms with Crippen LogP contribution in [0.2, 0.25) is 10.0 Å². The van der Waals surface area contributed by atoms with E-state index in [4.69, 9.17) is 28.9 Å². The van der Waals surface area contributed by atoms with Crippen LogP contribution in [0.5, 0.6) is 0 Å². The SMILES string of the molecule is COC(=O)[C@@H](N)Cc1ccc(Cl)cc1Cl. The molecule has 0 saturated carbocycles. The maximum absolute atomic E-state index is 11.1. The minimum atomic E-state index is -0.700. The van der Waals surface area contributed by atoms with Crippen molar-refractivity contribution in [1.29, 1.82) is 0 Å². The zero-order valence-corrected chi connectivity index (χ0v) is 9.68. The number of benzene rings is 1. The smallest absolute Gasteiger partial charge is 0.322 e. The van der Waals surface area contributed by atoms with Gasteiger partial charge in [0.1, 0.15) is 6.04 Å². The molecule has 0 bridgehead atoms. The number of hydrogen-bond donors (Lipinski definition) is 1. The largest absolute Gasteiger partial charge is 0.468 e. The second kappa shape index (κ2) is 5.35. The molecule has 82 valence electrons. The van der Waals surface area contributed by atoms with Crippen molar-refractivity contribution >= 4 is 29.2 Å². The topological polar surface area (TPSA) is 52.3 Å². The number of carbonyl (C=O) groups excluding carboxylic acids is 1. The van der Waals surface area contributed by atoms with Gasteiger partial charge in [-0.05, 0) is 24.1 Å². The first kappa shape index (κ1) is 12.3. The van der Waals surface area contributed by atoms with Crippen molar-refractivity contribution in [2.45, 2.75) is 12.5 Å². The lowest BCUT2D eigenvalue weighted by atomic mass is 10.1. The van der Waals surface area contributed by atoms with Crippen molar-refractivity contribution in [2.75, 3.05) is 7.11 Å². The summed E-state index contributed by atoms with van der Waals surface area (Å²) >= 11 is 11.7. The van der Waals surface area contributed by atoms with Gasteiger partial charge >= 0.3 is 5.97 Å². The second-order valence-electron chi connectivity index (χ2n) is 3.07.